The highest BCUT2D eigenvalue weighted by atomic mass is 19.1. The van der Waals surface area contributed by atoms with E-state index in [2.05, 4.69) is 9.97 Å². The Morgan fingerprint density at radius 1 is 1.35 bits per heavy atom. The fourth-order valence-corrected chi connectivity index (χ4v) is 3.10. The van der Waals surface area contributed by atoms with E-state index in [1.54, 1.807) is 6.92 Å². The van der Waals surface area contributed by atoms with Gasteiger partial charge in [-0.15, -0.1) is 0 Å². The van der Waals surface area contributed by atoms with Gasteiger partial charge >= 0.3 is 0 Å². The van der Waals surface area contributed by atoms with Crippen LogP contribution in [-0.4, -0.2) is 29.1 Å². The molecule has 1 aliphatic heterocycles. The maximum absolute atomic E-state index is 13.7. The second-order valence-electron chi connectivity index (χ2n) is 5.17. The maximum Gasteiger partial charge on any atom is 0.183 e. The third-order valence-electron chi connectivity index (χ3n) is 4.05. The largest absolute Gasteiger partial charge is 0.353 e. The highest BCUT2D eigenvalue weighted by molar-refractivity contribution is 5.40. The molecule has 2 N–H and O–H groups in total. The Hall–Kier alpha value is -1.23. The van der Waals surface area contributed by atoms with E-state index in [0.717, 1.165) is 25.9 Å². The van der Waals surface area contributed by atoms with Crippen molar-refractivity contribution >= 4 is 5.82 Å². The van der Waals surface area contributed by atoms with Crippen molar-refractivity contribution in [2.24, 2.45) is 17.6 Å². The number of halogens is 1. The summed E-state index contributed by atoms with van der Waals surface area (Å²) >= 11 is 0. The quantitative estimate of drug-likeness (QED) is 0.793. The molecular formula is C12H17FN4. The molecule has 0 unspecified atom stereocenters. The molecule has 3 rings (SSSR count). The van der Waals surface area contributed by atoms with Crippen LogP contribution in [0.25, 0.3) is 0 Å². The lowest BCUT2D eigenvalue weighted by molar-refractivity contribution is 0.352. The SMILES string of the molecule is Cc1ncc(F)c(N2C[C@H]3CC[C@@H](C2)[C@@H]3N)n1. The first-order valence-corrected chi connectivity index (χ1v) is 6.15. The van der Waals surface area contributed by atoms with Crippen LogP contribution in [0.4, 0.5) is 10.2 Å². The van der Waals surface area contributed by atoms with Gasteiger partial charge in [0.15, 0.2) is 11.6 Å². The molecule has 3 atom stereocenters. The van der Waals surface area contributed by atoms with Crippen molar-refractivity contribution in [3.05, 3.63) is 17.8 Å². The second-order valence-corrected chi connectivity index (χ2v) is 5.17. The van der Waals surface area contributed by atoms with E-state index in [1.165, 1.54) is 6.20 Å². The average molecular weight is 236 g/mol. The van der Waals surface area contributed by atoms with E-state index in [-0.39, 0.29) is 11.9 Å². The number of hydrogen-bond acceptors (Lipinski definition) is 4. The van der Waals surface area contributed by atoms with Crippen molar-refractivity contribution in [2.45, 2.75) is 25.8 Å². The minimum atomic E-state index is -0.328. The first-order valence-electron chi connectivity index (χ1n) is 6.15. The molecule has 1 saturated heterocycles. The molecule has 92 valence electrons. The fraction of sp³-hybridized carbons (Fsp3) is 0.667. The number of hydrogen-bond donors (Lipinski definition) is 1. The van der Waals surface area contributed by atoms with Gasteiger partial charge in [-0.25, -0.2) is 14.4 Å². The number of anilines is 1. The fourth-order valence-electron chi connectivity index (χ4n) is 3.10. The minimum Gasteiger partial charge on any atom is -0.353 e. The molecule has 1 aromatic rings. The molecule has 5 heteroatoms. The molecule has 4 nitrogen and oxygen atoms in total. The van der Waals surface area contributed by atoms with Crippen LogP contribution in [0.5, 0.6) is 0 Å². The molecule has 1 aliphatic carbocycles. The predicted molar refractivity (Wildman–Crippen MR) is 63.1 cm³/mol. The molecule has 0 spiro atoms. The highest BCUT2D eigenvalue weighted by Crippen LogP contribution is 2.37. The van der Waals surface area contributed by atoms with Crippen LogP contribution in [0, 0.1) is 24.6 Å². The normalized spacial score (nSPS) is 31.9. The van der Waals surface area contributed by atoms with Gasteiger partial charge in [-0.2, -0.15) is 0 Å². The van der Waals surface area contributed by atoms with Gasteiger partial charge < -0.3 is 10.6 Å². The van der Waals surface area contributed by atoms with Crippen molar-refractivity contribution in [2.75, 3.05) is 18.0 Å². The smallest absolute Gasteiger partial charge is 0.183 e. The summed E-state index contributed by atoms with van der Waals surface area (Å²) in [5, 5.41) is 0. The van der Waals surface area contributed by atoms with Gasteiger partial charge in [0.1, 0.15) is 5.82 Å². The molecular weight excluding hydrogens is 219 g/mol. The summed E-state index contributed by atoms with van der Waals surface area (Å²) in [5.41, 5.74) is 6.14. The van der Waals surface area contributed by atoms with E-state index in [4.69, 9.17) is 5.73 Å². The number of aryl methyl sites for hydroxylation is 1. The van der Waals surface area contributed by atoms with Crippen molar-refractivity contribution in [1.29, 1.82) is 0 Å². The molecule has 0 radical (unpaired) electrons. The molecule has 0 aromatic carbocycles. The summed E-state index contributed by atoms with van der Waals surface area (Å²) in [4.78, 5) is 10.1. The monoisotopic (exact) mass is 236 g/mol. The minimum absolute atomic E-state index is 0.289. The third-order valence-corrected chi connectivity index (χ3v) is 4.05. The molecule has 1 saturated carbocycles. The Bertz CT molecular complexity index is 423. The van der Waals surface area contributed by atoms with Gasteiger partial charge in [0, 0.05) is 19.1 Å². The van der Waals surface area contributed by atoms with Crippen molar-refractivity contribution in [3.8, 4) is 0 Å². The van der Waals surface area contributed by atoms with Gasteiger partial charge in [0.2, 0.25) is 0 Å². The highest BCUT2D eigenvalue weighted by Gasteiger charge is 2.40. The molecule has 2 aliphatic rings. The second kappa shape index (κ2) is 3.91. The Kier molecular flexibility index (Phi) is 2.50. The van der Waals surface area contributed by atoms with Crippen molar-refractivity contribution in [1.82, 2.24) is 9.97 Å². The number of nitrogens with zero attached hydrogens (tertiary/aromatic N) is 3. The maximum atomic E-state index is 13.7. The Balaban J connectivity index is 1.88. The molecule has 17 heavy (non-hydrogen) atoms. The van der Waals surface area contributed by atoms with Crippen molar-refractivity contribution < 1.29 is 4.39 Å². The Morgan fingerprint density at radius 2 is 2.00 bits per heavy atom. The summed E-state index contributed by atoms with van der Waals surface area (Å²) in [6.07, 6.45) is 3.58. The average Bonchev–Trinajstić information content (AvgIpc) is 2.55. The molecule has 2 bridgehead atoms. The van der Waals surface area contributed by atoms with E-state index in [0.29, 0.717) is 23.5 Å². The molecule has 2 heterocycles. The summed E-state index contributed by atoms with van der Waals surface area (Å²) in [7, 11) is 0. The predicted octanol–water partition coefficient (Wildman–Crippen LogP) is 1.10. The van der Waals surface area contributed by atoms with Crippen LogP contribution in [-0.2, 0) is 0 Å². The van der Waals surface area contributed by atoms with E-state index in [9.17, 15) is 4.39 Å². The molecule has 1 aromatic heterocycles. The van der Waals surface area contributed by atoms with Crippen LogP contribution in [0.2, 0.25) is 0 Å². The summed E-state index contributed by atoms with van der Waals surface area (Å²) in [6, 6.07) is 0.289. The molecule has 0 amide bonds. The van der Waals surface area contributed by atoms with E-state index in [1.807, 2.05) is 4.90 Å². The number of rotatable bonds is 1. The lowest BCUT2D eigenvalue weighted by Crippen LogP contribution is -2.49. The standard InChI is InChI=1S/C12H17FN4/c1-7-15-4-10(13)12(16-7)17-5-8-2-3-9(6-17)11(8)14/h4,8-9,11H,2-3,5-6,14H2,1H3/t8-,9+,11-. The Labute approximate surface area is 100 Å². The lowest BCUT2D eigenvalue weighted by Gasteiger charge is -2.36. The van der Waals surface area contributed by atoms with E-state index < -0.39 is 0 Å². The summed E-state index contributed by atoms with van der Waals surface area (Å²) < 4.78 is 13.7. The van der Waals surface area contributed by atoms with Gasteiger partial charge in [-0.05, 0) is 31.6 Å². The van der Waals surface area contributed by atoms with Gasteiger partial charge in [0.25, 0.3) is 0 Å². The van der Waals surface area contributed by atoms with Crippen LogP contribution in [0.3, 0.4) is 0 Å². The number of nitrogens with two attached hydrogens (primary N) is 1. The van der Waals surface area contributed by atoms with Gasteiger partial charge in [0.05, 0.1) is 6.20 Å². The molecule has 2 fully saturated rings. The summed E-state index contributed by atoms with van der Waals surface area (Å²) in [6.45, 7) is 3.43. The number of fused-ring (bicyclic) bond motifs is 2. The topological polar surface area (TPSA) is 55.0 Å². The van der Waals surface area contributed by atoms with Gasteiger partial charge in [-0.1, -0.05) is 0 Å². The zero-order chi connectivity index (χ0) is 12.0. The zero-order valence-corrected chi connectivity index (χ0v) is 9.93. The van der Waals surface area contributed by atoms with Gasteiger partial charge in [-0.3, -0.25) is 0 Å². The van der Waals surface area contributed by atoms with Crippen LogP contribution in [0.1, 0.15) is 18.7 Å². The zero-order valence-electron chi connectivity index (χ0n) is 9.93. The number of aromatic nitrogens is 2. The van der Waals surface area contributed by atoms with Crippen LogP contribution in [0.15, 0.2) is 6.20 Å². The summed E-state index contributed by atoms with van der Waals surface area (Å²) in [5.74, 6) is 1.71. The first-order chi connectivity index (χ1) is 8.15. The Morgan fingerprint density at radius 3 is 2.65 bits per heavy atom. The van der Waals surface area contributed by atoms with Crippen molar-refractivity contribution in [3.63, 3.8) is 0 Å². The number of piperidine rings is 1. The van der Waals surface area contributed by atoms with E-state index >= 15 is 0 Å². The lowest BCUT2D eigenvalue weighted by atomic mass is 9.93. The third kappa shape index (κ3) is 1.78. The van der Waals surface area contributed by atoms with Crippen LogP contribution >= 0.6 is 0 Å². The first kappa shape index (κ1) is 10.9. The van der Waals surface area contributed by atoms with Crippen LogP contribution < -0.4 is 10.6 Å².